The minimum absolute atomic E-state index is 0.0872. The Morgan fingerprint density at radius 2 is 2.05 bits per heavy atom. The van der Waals surface area contributed by atoms with E-state index in [0.717, 1.165) is 43.6 Å². The van der Waals surface area contributed by atoms with Crippen LogP contribution in [-0.4, -0.2) is 47.8 Å². The molecule has 0 N–H and O–H groups in total. The zero-order valence-electron chi connectivity index (χ0n) is 13.6. The average Bonchev–Trinajstić information content (AvgIpc) is 3.09. The van der Waals surface area contributed by atoms with E-state index in [4.69, 9.17) is 0 Å². The number of thiophene rings is 1. The first-order chi connectivity index (χ1) is 10.7. The average molecular weight is 322 g/mol. The van der Waals surface area contributed by atoms with Gasteiger partial charge in [0.1, 0.15) is 0 Å². The number of carbonyl (C=O) groups excluding carboxylic acids is 2. The number of piperidine rings is 1. The minimum atomic E-state index is 0.0872. The summed E-state index contributed by atoms with van der Waals surface area (Å²) in [6.45, 7) is 7.22. The van der Waals surface area contributed by atoms with E-state index in [1.165, 1.54) is 11.3 Å². The predicted octanol–water partition coefficient (Wildman–Crippen LogP) is 3.25. The summed E-state index contributed by atoms with van der Waals surface area (Å²) in [5.41, 5.74) is 0. The molecule has 0 saturated carbocycles. The van der Waals surface area contributed by atoms with Crippen LogP contribution in [0, 0.1) is 5.92 Å². The van der Waals surface area contributed by atoms with Gasteiger partial charge in [-0.1, -0.05) is 19.4 Å². The molecule has 0 aromatic carbocycles. The van der Waals surface area contributed by atoms with Gasteiger partial charge in [-0.25, -0.2) is 0 Å². The lowest BCUT2D eigenvalue weighted by atomic mass is 9.95. The van der Waals surface area contributed by atoms with E-state index in [-0.39, 0.29) is 17.7 Å². The summed E-state index contributed by atoms with van der Waals surface area (Å²) >= 11 is 1.48. The lowest BCUT2D eigenvalue weighted by Gasteiger charge is -2.34. The molecule has 5 heteroatoms. The van der Waals surface area contributed by atoms with E-state index in [2.05, 4.69) is 6.92 Å². The summed E-state index contributed by atoms with van der Waals surface area (Å²) in [7, 11) is 0. The predicted molar refractivity (Wildman–Crippen MR) is 90.1 cm³/mol. The third-order valence-electron chi connectivity index (χ3n) is 4.34. The molecule has 1 saturated heterocycles. The topological polar surface area (TPSA) is 40.6 Å². The summed E-state index contributed by atoms with van der Waals surface area (Å²) in [4.78, 5) is 29.5. The van der Waals surface area contributed by atoms with Gasteiger partial charge in [-0.2, -0.15) is 0 Å². The highest BCUT2D eigenvalue weighted by Gasteiger charge is 2.30. The Morgan fingerprint density at radius 1 is 1.32 bits per heavy atom. The van der Waals surface area contributed by atoms with Crippen LogP contribution in [0.1, 0.15) is 49.2 Å². The van der Waals surface area contributed by atoms with Crippen molar-refractivity contribution in [2.24, 2.45) is 5.92 Å². The highest BCUT2D eigenvalue weighted by Crippen LogP contribution is 2.22. The fourth-order valence-corrected chi connectivity index (χ4v) is 3.61. The molecule has 1 aliphatic heterocycles. The third kappa shape index (κ3) is 4.09. The van der Waals surface area contributed by atoms with Crippen molar-refractivity contribution in [3.8, 4) is 0 Å². The maximum atomic E-state index is 12.6. The van der Waals surface area contributed by atoms with E-state index in [0.29, 0.717) is 13.1 Å². The zero-order chi connectivity index (χ0) is 15.9. The molecular weight excluding hydrogens is 296 g/mol. The number of carbonyl (C=O) groups is 2. The number of rotatable bonds is 6. The van der Waals surface area contributed by atoms with Crippen molar-refractivity contribution < 1.29 is 9.59 Å². The van der Waals surface area contributed by atoms with Crippen molar-refractivity contribution >= 4 is 23.2 Å². The second-order valence-corrected chi connectivity index (χ2v) is 6.76. The van der Waals surface area contributed by atoms with Crippen molar-refractivity contribution in [3.63, 3.8) is 0 Å². The van der Waals surface area contributed by atoms with Gasteiger partial charge < -0.3 is 9.80 Å². The molecule has 1 fully saturated rings. The fourth-order valence-electron chi connectivity index (χ4n) is 2.92. The van der Waals surface area contributed by atoms with Gasteiger partial charge in [0.15, 0.2) is 0 Å². The van der Waals surface area contributed by atoms with Gasteiger partial charge in [0.2, 0.25) is 5.91 Å². The molecule has 0 aliphatic carbocycles. The SMILES string of the molecule is CCCCN(CC)C(=O)C1CCN(C(=O)c2cccs2)CC1. The van der Waals surface area contributed by atoms with Crippen LogP contribution in [0.3, 0.4) is 0 Å². The highest BCUT2D eigenvalue weighted by atomic mass is 32.1. The molecule has 2 heterocycles. The Hall–Kier alpha value is -1.36. The van der Waals surface area contributed by atoms with E-state index in [9.17, 15) is 9.59 Å². The lowest BCUT2D eigenvalue weighted by molar-refractivity contribution is -0.136. The summed E-state index contributed by atoms with van der Waals surface area (Å²) in [6, 6.07) is 3.77. The number of likely N-dealkylation sites (tertiary alicyclic amines) is 1. The van der Waals surface area contributed by atoms with Gasteiger partial charge in [-0.15, -0.1) is 11.3 Å². The first-order valence-corrected chi connectivity index (χ1v) is 9.16. The van der Waals surface area contributed by atoms with Crippen molar-refractivity contribution in [2.75, 3.05) is 26.2 Å². The maximum Gasteiger partial charge on any atom is 0.263 e. The molecule has 4 nitrogen and oxygen atoms in total. The number of amides is 2. The Morgan fingerprint density at radius 3 is 2.59 bits per heavy atom. The molecule has 0 unspecified atom stereocenters. The standard InChI is InChI=1S/C17H26N2O2S/c1-3-5-10-18(4-2)16(20)14-8-11-19(12-9-14)17(21)15-7-6-13-22-15/h6-7,13-14H,3-5,8-12H2,1-2H3. The van der Waals surface area contributed by atoms with Crippen LogP contribution in [0.5, 0.6) is 0 Å². The maximum absolute atomic E-state index is 12.6. The normalized spacial score (nSPS) is 15.8. The van der Waals surface area contributed by atoms with Gasteiger partial charge in [0.25, 0.3) is 5.91 Å². The van der Waals surface area contributed by atoms with E-state index >= 15 is 0 Å². The molecule has 0 bridgehead atoms. The van der Waals surface area contributed by atoms with Crippen molar-refractivity contribution in [1.29, 1.82) is 0 Å². The Kier molecular flexibility index (Phi) is 6.43. The molecule has 22 heavy (non-hydrogen) atoms. The van der Waals surface area contributed by atoms with Crippen LogP contribution in [-0.2, 0) is 4.79 Å². The number of hydrogen-bond acceptors (Lipinski definition) is 3. The van der Waals surface area contributed by atoms with Crippen LogP contribution >= 0.6 is 11.3 Å². The van der Waals surface area contributed by atoms with Crippen molar-refractivity contribution in [1.82, 2.24) is 9.80 Å². The Balaban J connectivity index is 1.86. The number of unbranched alkanes of at least 4 members (excludes halogenated alkanes) is 1. The molecular formula is C17H26N2O2S. The summed E-state index contributed by atoms with van der Waals surface area (Å²) in [5, 5.41) is 1.93. The van der Waals surface area contributed by atoms with Crippen LogP contribution in [0.15, 0.2) is 17.5 Å². The molecule has 0 radical (unpaired) electrons. The molecule has 1 aliphatic rings. The molecule has 1 aromatic heterocycles. The fraction of sp³-hybridized carbons (Fsp3) is 0.647. The third-order valence-corrected chi connectivity index (χ3v) is 5.20. The van der Waals surface area contributed by atoms with Gasteiger partial charge >= 0.3 is 0 Å². The second-order valence-electron chi connectivity index (χ2n) is 5.82. The van der Waals surface area contributed by atoms with Gasteiger partial charge in [0, 0.05) is 32.1 Å². The Labute approximate surface area is 137 Å². The van der Waals surface area contributed by atoms with Gasteiger partial charge in [-0.05, 0) is 37.6 Å². The Bertz CT molecular complexity index is 479. The smallest absolute Gasteiger partial charge is 0.263 e. The van der Waals surface area contributed by atoms with Crippen LogP contribution in [0.4, 0.5) is 0 Å². The number of hydrogen-bond donors (Lipinski definition) is 0. The molecule has 2 amide bonds. The van der Waals surface area contributed by atoms with Gasteiger partial charge in [-0.3, -0.25) is 9.59 Å². The minimum Gasteiger partial charge on any atom is -0.343 e. The van der Waals surface area contributed by atoms with E-state index in [1.807, 2.05) is 34.2 Å². The van der Waals surface area contributed by atoms with E-state index in [1.54, 1.807) is 0 Å². The summed E-state index contributed by atoms with van der Waals surface area (Å²) in [6.07, 6.45) is 3.75. The molecule has 2 rings (SSSR count). The molecule has 0 atom stereocenters. The van der Waals surface area contributed by atoms with Crippen LogP contribution in [0.2, 0.25) is 0 Å². The highest BCUT2D eigenvalue weighted by molar-refractivity contribution is 7.12. The first kappa shape index (κ1) is 17.0. The lowest BCUT2D eigenvalue weighted by Crippen LogP contribution is -2.44. The number of nitrogens with zero attached hydrogens (tertiary/aromatic N) is 2. The summed E-state index contributed by atoms with van der Waals surface area (Å²) in [5.74, 6) is 0.475. The quantitative estimate of drug-likeness (QED) is 0.806. The second kappa shape index (κ2) is 8.32. The molecule has 1 aromatic rings. The van der Waals surface area contributed by atoms with Crippen molar-refractivity contribution in [2.45, 2.75) is 39.5 Å². The molecule has 0 spiro atoms. The summed E-state index contributed by atoms with van der Waals surface area (Å²) < 4.78 is 0. The monoisotopic (exact) mass is 322 g/mol. The molecule has 122 valence electrons. The zero-order valence-corrected chi connectivity index (χ0v) is 14.4. The van der Waals surface area contributed by atoms with Crippen LogP contribution in [0.25, 0.3) is 0 Å². The van der Waals surface area contributed by atoms with Gasteiger partial charge in [0.05, 0.1) is 4.88 Å². The first-order valence-electron chi connectivity index (χ1n) is 8.28. The largest absolute Gasteiger partial charge is 0.343 e. The van der Waals surface area contributed by atoms with Crippen LogP contribution < -0.4 is 0 Å². The van der Waals surface area contributed by atoms with E-state index < -0.39 is 0 Å². The van der Waals surface area contributed by atoms with Crippen molar-refractivity contribution in [3.05, 3.63) is 22.4 Å².